The molecule has 7 nitrogen and oxygen atoms in total. The molecule has 1 fully saturated rings. The van der Waals surface area contributed by atoms with Crippen LogP contribution in [0.5, 0.6) is 5.75 Å². The average molecular weight is 641 g/mol. The van der Waals surface area contributed by atoms with Gasteiger partial charge in [-0.05, 0) is 74.4 Å². The van der Waals surface area contributed by atoms with E-state index in [0.29, 0.717) is 76.0 Å². The van der Waals surface area contributed by atoms with E-state index in [2.05, 4.69) is 11.9 Å². The highest BCUT2D eigenvalue weighted by Crippen LogP contribution is 2.34. The fraction of sp³-hybridized carbons (Fsp3) is 0.394. The number of carbonyl (C=O) groups is 1. The predicted octanol–water partition coefficient (Wildman–Crippen LogP) is 8.08. The maximum absolute atomic E-state index is 14.5. The SMILES string of the molecule is CCOc1ccc(Cl)cc1-n1c(CC(C)C)c(C(=O)N2CCC[C@H](C)C2)cc(-c2nc(-c3ccc(C(F)F)nc3)cs2)c1=O. The molecule has 232 valence electrons. The molecule has 1 aliphatic heterocycles. The Kier molecular flexibility index (Phi) is 9.80. The van der Waals surface area contributed by atoms with E-state index in [1.807, 2.05) is 25.7 Å². The van der Waals surface area contributed by atoms with Gasteiger partial charge in [-0.15, -0.1) is 11.3 Å². The molecule has 1 aromatic carbocycles. The number of benzene rings is 1. The highest BCUT2D eigenvalue weighted by Gasteiger charge is 2.29. The van der Waals surface area contributed by atoms with Gasteiger partial charge < -0.3 is 9.64 Å². The number of amides is 1. The van der Waals surface area contributed by atoms with E-state index in [1.54, 1.807) is 34.2 Å². The van der Waals surface area contributed by atoms with Gasteiger partial charge in [-0.3, -0.25) is 19.1 Å². The Morgan fingerprint density at radius 3 is 2.66 bits per heavy atom. The van der Waals surface area contributed by atoms with Crippen molar-refractivity contribution in [3.63, 3.8) is 0 Å². The molecule has 4 heterocycles. The summed E-state index contributed by atoms with van der Waals surface area (Å²) >= 11 is 7.70. The number of ether oxygens (including phenoxy) is 1. The van der Waals surface area contributed by atoms with Crippen molar-refractivity contribution in [2.45, 2.75) is 53.4 Å². The Bertz CT molecular complexity index is 1700. The molecule has 3 aromatic heterocycles. The first-order valence-electron chi connectivity index (χ1n) is 14.8. The zero-order valence-electron chi connectivity index (χ0n) is 25.1. The van der Waals surface area contributed by atoms with Crippen molar-refractivity contribution in [3.8, 4) is 33.3 Å². The normalized spacial score (nSPS) is 15.3. The number of alkyl halides is 2. The van der Waals surface area contributed by atoms with Crippen molar-refractivity contribution in [1.82, 2.24) is 19.4 Å². The Morgan fingerprint density at radius 2 is 2.00 bits per heavy atom. The number of thiazole rings is 1. The second-order valence-corrected chi connectivity index (χ2v) is 12.8. The van der Waals surface area contributed by atoms with Crippen molar-refractivity contribution in [2.24, 2.45) is 11.8 Å². The molecule has 0 saturated carbocycles. The number of carbonyl (C=O) groups excluding carboxylic acids is 1. The zero-order valence-corrected chi connectivity index (χ0v) is 26.7. The lowest BCUT2D eigenvalue weighted by molar-refractivity contribution is 0.0680. The summed E-state index contributed by atoms with van der Waals surface area (Å²) in [6, 6.07) is 9.58. The third kappa shape index (κ3) is 6.71. The van der Waals surface area contributed by atoms with Crippen LogP contribution in [0.3, 0.4) is 0 Å². The van der Waals surface area contributed by atoms with Crippen LogP contribution >= 0.6 is 22.9 Å². The smallest absolute Gasteiger partial charge is 0.280 e. The van der Waals surface area contributed by atoms with Gasteiger partial charge in [0.05, 0.1) is 29.1 Å². The first-order valence-corrected chi connectivity index (χ1v) is 16.0. The van der Waals surface area contributed by atoms with E-state index >= 15 is 0 Å². The van der Waals surface area contributed by atoms with E-state index in [9.17, 15) is 18.4 Å². The quantitative estimate of drug-likeness (QED) is 0.185. The molecule has 0 N–H and O–H groups in total. The average Bonchev–Trinajstić information content (AvgIpc) is 3.48. The van der Waals surface area contributed by atoms with Crippen molar-refractivity contribution in [1.29, 1.82) is 0 Å². The Labute approximate surface area is 264 Å². The van der Waals surface area contributed by atoms with Crippen molar-refractivity contribution in [2.75, 3.05) is 19.7 Å². The van der Waals surface area contributed by atoms with E-state index in [-0.39, 0.29) is 28.6 Å². The molecule has 5 rings (SSSR count). The number of piperidine rings is 1. The predicted molar refractivity (Wildman–Crippen MR) is 170 cm³/mol. The van der Waals surface area contributed by atoms with Crippen LogP contribution in [0.1, 0.15) is 68.7 Å². The lowest BCUT2D eigenvalue weighted by Gasteiger charge is -2.32. The van der Waals surface area contributed by atoms with Crippen LogP contribution < -0.4 is 10.3 Å². The maximum atomic E-state index is 14.5. The number of nitrogens with zero attached hydrogens (tertiary/aromatic N) is 4. The molecule has 4 aromatic rings. The molecule has 0 radical (unpaired) electrons. The largest absolute Gasteiger partial charge is 0.492 e. The number of halogens is 3. The first kappa shape index (κ1) is 31.8. The minimum Gasteiger partial charge on any atom is -0.492 e. The van der Waals surface area contributed by atoms with Gasteiger partial charge in [0.1, 0.15) is 16.5 Å². The molecule has 1 amide bonds. The lowest BCUT2D eigenvalue weighted by atomic mass is 9.96. The molecule has 1 atom stereocenters. The summed E-state index contributed by atoms with van der Waals surface area (Å²) in [6.07, 6.45) is 1.10. The van der Waals surface area contributed by atoms with Crippen LogP contribution in [0.25, 0.3) is 27.5 Å². The molecule has 1 aliphatic rings. The summed E-state index contributed by atoms with van der Waals surface area (Å²) in [5.74, 6) is 0.834. The number of aromatic nitrogens is 3. The summed E-state index contributed by atoms with van der Waals surface area (Å²) in [7, 11) is 0. The van der Waals surface area contributed by atoms with E-state index < -0.39 is 6.43 Å². The topological polar surface area (TPSA) is 77.3 Å². The van der Waals surface area contributed by atoms with Crippen LogP contribution in [0, 0.1) is 11.8 Å². The van der Waals surface area contributed by atoms with E-state index in [0.717, 1.165) is 12.8 Å². The summed E-state index contributed by atoms with van der Waals surface area (Å²) in [5.41, 5.74) is 2.07. The molecule has 1 saturated heterocycles. The Morgan fingerprint density at radius 1 is 1.20 bits per heavy atom. The lowest BCUT2D eigenvalue weighted by Crippen LogP contribution is -2.40. The second kappa shape index (κ2) is 13.6. The van der Waals surface area contributed by atoms with Gasteiger partial charge in [0.15, 0.2) is 0 Å². The molecule has 0 spiro atoms. The van der Waals surface area contributed by atoms with E-state index in [4.69, 9.17) is 21.3 Å². The fourth-order valence-corrected chi connectivity index (χ4v) is 6.54. The number of likely N-dealkylation sites (tertiary alicyclic amines) is 1. The third-order valence-electron chi connectivity index (χ3n) is 7.58. The Balaban J connectivity index is 1.74. The summed E-state index contributed by atoms with van der Waals surface area (Å²) in [5, 5.41) is 2.57. The molecular formula is C33H35ClF2N4O3S. The number of pyridine rings is 2. The minimum atomic E-state index is -2.68. The van der Waals surface area contributed by atoms with E-state index in [1.165, 1.54) is 29.7 Å². The number of hydrogen-bond donors (Lipinski definition) is 0. The van der Waals surface area contributed by atoms with Crippen LogP contribution in [0.4, 0.5) is 8.78 Å². The molecule has 0 bridgehead atoms. The maximum Gasteiger partial charge on any atom is 0.280 e. The molecule has 0 aliphatic carbocycles. The van der Waals surface area contributed by atoms with Gasteiger partial charge >= 0.3 is 0 Å². The standard InChI is InChI=1S/C33H35ClF2N4O3S/c1-5-43-29-11-9-22(34)14-28(29)40-27(13-19(2)3)23(32(41)39-12-6-7-20(4)17-39)15-24(33(40)42)31-38-26(18-44-31)21-8-10-25(30(35)36)37-16-21/h8-11,14-16,18-20,30H,5-7,12-13,17H2,1-4H3/t20-/m0/s1. The fourth-order valence-electron chi connectivity index (χ4n) is 5.54. The van der Waals surface area contributed by atoms with Gasteiger partial charge in [-0.1, -0.05) is 32.4 Å². The second-order valence-electron chi connectivity index (χ2n) is 11.5. The van der Waals surface area contributed by atoms with Crippen LogP contribution in [-0.2, 0) is 6.42 Å². The van der Waals surface area contributed by atoms with Gasteiger partial charge in [0, 0.05) is 40.9 Å². The van der Waals surface area contributed by atoms with Crippen molar-refractivity contribution >= 4 is 28.8 Å². The van der Waals surface area contributed by atoms with Gasteiger partial charge in [0.2, 0.25) is 0 Å². The summed E-state index contributed by atoms with van der Waals surface area (Å²) < 4.78 is 33.6. The van der Waals surface area contributed by atoms with Crippen LogP contribution in [0.15, 0.2) is 52.8 Å². The summed E-state index contributed by atoms with van der Waals surface area (Å²) in [6.45, 7) is 9.74. The van der Waals surface area contributed by atoms with Crippen LogP contribution in [0.2, 0.25) is 5.02 Å². The zero-order chi connectivity index (χ0) is 31.5. The highest BCUT2D eigenvalue weighted by molar-refractivity contribution is 7.13. The molecule has 44 heavy (non-hydrogen) atoms. The van der Waals surface area contributed by atoms with Gasteiger partial charge in [-0.25, -0.2) is 13.8 Å². The number of rotatable bonds is 9. The van der Waals surface area contributed by atoms with Gasteiger partial charge in [0.25, 0.3) is 17.9 Å². The third-order valence-corrected chi connectivity index (χ3v) is 8.69. The van der Waals surface area contributed by atoms with Crippen molar-refractivity contribution < 1.29 is 18.3 Å². The molecule has 0 unspecified atom stereocenters. The van der Waals surface area contributed by atoms with Crippen LogP contribution in [-0.4, -0.2) is 45.0 Å². The van der Waals surface area contributed by atoms with Gasteiger partial charge in [-0.2, -0.15) is 0 Å². The monoisotopic (exact) mass is 640 g/mol. The highest BCUT2D eigenvalue weighted by atomic mass is 35.5. The number of hydrogen-bond acceptors (Lipinski definition) is 6. The van der Waals surface area contributed by atoms with Crippen molar-refractivity contribution in [3.05, 3.63) is 80.3 Å². The summed E-state index contributed by atoms with van der Waals surface area (Å²) in [4.78, 5) is 39.2. The first-order chi connectivity index (χ1) is 21.1. The minimum absolute atomic E-state index is 0.128. The molecule has 11 heteroatoms. The molecular weight excluding hydrogens is 606 g/mol. The Hall–Kier alpha value is -3.63.